The van der Waals surface area contributed by atoms with Gasteiger partial charge in [-0.1, -0.05) is 89.6 Å². The van der Waals surface area contributed by atoms with Gasteiger partial charge < -0.3 is 8.85 Å². The van der Waals surface area contributed by atoms with Crippen molar-refractivity contribution >= 4 is 39.2 Å². The molecule has 0 N–H and O–H groups in total. The van der Waals surface area contributed by atoms with E-state index in [0.717, 1.165) is 11.0 Å². The maximum atomic E-state index is 6.95. The maximum absolute atomic E-state index is 6.95. The number of hydrogen-bond donors (Lipinski definition) is 0. The molecule has 0 amide bonds. The lowest BCUT2D eigenvalue weighted by molar-refractivity contribution is 0.0624. The molecule has 5 heteroatoms. The van der Waals surface area contributed by atoms with Crippen molar-refractivity contribution in [3.8, 4) is 0 Å². The van der Waals surface area contributed by atoms with Crippen molar-refractivity contribution in [2.24, 2.45) is 11.8 Å². The van der Waals surface area contributed by atoms with E-state index in [2.05, 4.69) is 117 Å². The molecule has 3 atom stereocenters. The van der Waals surface area contributed by atoms with Crippen LogP contribution in [-0.4, -0.2) is 33.8 Å². The van der Waals surface area contributed by atoms with Crippen molar-refractivity contribution in [1.29, 1.82) is 0 Å². The third kappa shape index (κ3) is 8.61. The first-order valence-electron chi connectivity index (χ1n) is 10.4. The van der Waals surface area contributed by atoms with E-state index in [1.54, 1.807) is 0 Å². The van der Waals surface area contributed by atoms with Gasteiger partial charge in [-0.2, -0.15) is 0 Å². The molecule has 0 saturated heterocycles. The molecule has 0 aromatic rings. The largest absolute Gasteiger partial charge is 0.416 e. The van der Waals surface area contributed by atoms with Crippen LogP contribution in [0.1, 0.15) is 62.3 Å². The van der Waals surface area contributed by atoms with Crippen LogP contribution < -0.4 is 0 Å². The summed E-state index contributed by atoms with van der Waals surface area (Å²) in [5.74, 6) is 0.772. The summed E-state index contributed by atoms with van der Waals surface area (Å²) in [7, 11) is -3.58. The molecule has 0 saturated carbocycles. The molecular formula is C22H47IO2Si2. The van der Waals surface area contributed by atoms with Gasteiger partial charge in [-0.15, -0.1) is 0 Å². The minimum absolute atomic E-state index is 0.202. The Kier molecular flexibility index (Phi) is 10.5. The molecule has 0 aliphatic heterocycles. The van der Waals surface area contributed by atoms with Gasteiger partial charge in [-0.25, -0.2) is 0 Å². The van der Waals surface area contributed by atoms with E-state index in [0.29, 0.717) is 11.8 Å². The Hall–Kier alpha value is 0.824. The summed E-state index contributed by atoms with van der Waals surface area (Å²) in [6, 6.07) is 0. The van der Waals surface area contributed by atoms with Crippen LogP contribution in [0.4, 0.5) is 0 Å². The van der Waals surface area contributed by atoms with Crippen LogP contribution in [0.5, 0.6) is 0 Å². The Morgan fingerprint density at radius 3 is 1.74 bits per heavy atom. The molecule has 27 heavy (non-hydrogen) atoms. The van der Waals surface area contributed by atoms with E-state index >= 15 is 0 Å². The van der Waals surface area contributed by atoms with Crippen molar-refractivity contribution in [2.45, 2.75) is 105 Å². The second kappa shape index (κ2) is 10.2. The van der Waals surface area contributed by atoms with Gasteiger partial charge in [0.25, 0.3) is 0 Å². The van der Waals surface area contributed by atoms with Gasteiger partial charge >= 0.3 is 0 Å². The Labute approximate surface area is 186 Å². The van der Waals surface area contributed by atoms with E-state index < -0.39 is 16.6 Å². The number of alkyl halides is 1. The lowest BCUT2D eigenvalue weighted by atomic mass is 9.93. The summed E-state index contributed by atoms with van der Waals surface area (Å²) in [5.41, 5.74) is 1.43. The second-order valence-electron chi connectivity index (χ2n) is 11.4. The predicted molar refractivity (Wildman–Crippen MR) is 136 cm³/mol. The van der Waals surface area contributed by atoms with Gasteiger partial charge in [-0.05, 0) is 49.1 Å². The van der Waals surface area contributed by atoms with Crippen LogP contribution >= 0.6 is 22.6 Å². The normalized spacial score (nSPS) is 18.4. The Balaban J connectivity index is 5.52. The standard InChI is InChI=1S/C22H47IO2Si2/c1-17(15-23)14-18(2)20(25-27(12,13)22(7,8)9)19(3)16-24-26(10,11)21(4,5)6/h14,18-20H,15-16H2,1-13H3/t18-,19-,20+/m0/s1. The predicted octanol–water partition coefficient (Wildman–Crippen LogP) is 8.05. The molecule has 0 bridgehead atoms. The van der Waals surface area contributed by atoms with Gasteiger partial charge in [-0.3, -0.25) is 0 Å². The number of halogens is 1. The van der Waals surface area contributed by atoms with E-state index in [1.165, 1.54) is 5.57 Å². The van der Waals surface area contributed by atoms with E-state index in [1.807, 2.05) is 0 Å². The highest BCUT2D eigenvalue weighted by atomic mass is 127. The van der Waals surface area contributed by atoms with Gasteiger partial charge in [0.05, 0.1) is 6.10 Å². The molecule has 0 spiro atoms. The average molecular weight is 527 g/mol. The molecule has 0 aliphatic carbocycles. The first-order valence-corrected chi connectivity index (χ1v) is 17.7. The van der Waals surface area contributed by atoms with Crippen LogP contribution in [0, 0.1) is 11.8 Å². The summed E-state index contributed by atoms with van der Waals surface area (Å²) in [5, 5.41) is 0.457. The zero-order chi connectivity index (χ0) is 21.8. The molecule has 0 unspecified atom stereocenters. The van der Waals surface area contributed by atoms with Crippen molar-refractivity contribution in [2.75, 3.05) is 11.0 Å². The lowest BCUT2D eigenvalue weighted by Gasteiger charge is -2.43. The summed E-state index contributed by atoms with van der Waals surface area (Å²) >= 11 is 2.44. The lowest BCUT2D eigenvalue weighted by Crippen LogP contribution is -2.49. The summed E-state index contributed by atoms with van der Waals surface area (Å²) < 4.78 is 14.6. The SMILES string of the molecule is CC(=C[C@H](C)[C@@H](O[Si](C)(C)C(C)(C)C)[C@@H](C)CO[Si](C)(C)C(C)(C)C)CI. The Morgan fingerprint density at radius 1 is 0.926 bits per heavy atom. The number of rotatable bonds is 9. The van der Waals surface area contributed by atoms with Crippen LogP contribution in [0.15, 0.2) is 11.6 Å². The highest BCUT2D eigenvalue weighted by Crippen LogP contribution is 2.40. The molecule has 0 heterocycles. The minimum Gasteiger partial charge on any atom is -0.416 e. The fraction of sp³-hybridized carbons (Fsp3) is 0.909. The van der Waals surface area contributed by atoms with Gasteiger partial charge in [0.2, 0.25) is 0 Å². The molecule has 0 aliphatic rings. The zero-order valence-electron chi connectivity index (χ0n) is 20.4. The first kappa shape index (κ1) is 27.8. The molecule has 0 radical (unpaired) electrons. The summed E-state index contributed by atoms with van der Waals surface area (Å²) in [6.07, 6.45) is 2.61. The topological polar surface area (TPSA) is 18.5 Å². The monoisotopic (exact) mass is 526 g/mol. The molecular weight excluding hydrogens is 479 g/mol. The third-order valence-electron chi connectivity index (χ3n) is 6.59. The van der Waals surface area contributed by atoms with Gasteiger partial charge in [0, 0.05) is 17.0 Å². The summed E-state index contributed by atoms with van der Waals surface area (Å²) in [6.45, 7) is 30.9. The molecule has 2 nitrogen and oxygen atoms in total. The fourth-order valence-corrected chi connectivity index (χ4v) is 5.35. The highest BCUT2D eigenvalue weighted by molar-refractivity contribution is 14.1. The molecule has 0 fully saturated rings. The van der Waals surface area contributed by atoms with Crippen LogP contribution in [0.2, 0.25) is 36.3 Å². The second-order valence-corrected chi connectivity index (χ2v) is 21.7. The average Bonchev–Trinajstić information content (AvgIpc) is 2.47. The van der Waals surface area contributed by atoms with Gasteiger partial charge in [0.1, 0.15) is 0 Å². The van der Waals surface area contributed by atoms with Gasteiger partial charge in [0.15, 0.2) is 16.6 Å². The third-order valence-corrected chi connectivity index (χ3v) is 16.8. The highest BCUT2D eigenvalue weighted by Gasteiger charge is 2.42. The fourth-order valence-electron chi connectivity index (χ4n) is 2.50. The van der Waals surface area contributed by atoms with Crippen LogP contribution in [-0.2, 0) is 8.85 Å². The molecule has 162 valence electrons. The Bertz CT molecular complexity index is 488. The maximum Gasteiger partial charge on any atom is 0.192 e. The van der Waals surface area contributed by atoms with E-state index in [4.69, 9.17) is 8.85 Å². The minimum atomic E-state index is -1.84. The zero-order valence-corrected chi connectivity index (χ0v) is 24.6. The molecule has 0 aromatic carbocycles. The van der Waals surface area contributed by atoms with E-state index in [9.17, 15) is 0 Å². The van der Waals surface area contributed by atoms with Crippen molar-refractivity contribution in [3.05, 3.63) is 11.6 Å². The van der Waals surface area contributed by atoms with Crippen molar-refractivity contribution in [3.63, 3.8) is 0 Å². The molecule has 0 rings (SSSR count). The quantitative estimate of drug-likeness (QED) is 0.131. The number of hydrogen-bond acceptors (Lipinski definition) is 2. The smallest absolute Gasteiger partial charge is 0.192 e. The first-order chi connectivity index (χ1) is 11.9. The van der Waals surface area contributed by atoms with E-state index in [-0.39, 0.29) is 16.2 Å². The van der Waals surface area contributed by atoms with Crippen molar-refractivity contribution in [1.82, 2.24) is 0 Å². The molecule has 0 aromatic heterocycles. The summed E-state index contributed by atoms with van der Waals surface area (Å²) in [4.78, 5) is 0. The number of allylic oxidation sites excluding steroid dienone is 1. The van der Waals surface area contributed by atoms with Crippen LogP contribution in [0.25, 0.3) is 0 Å². The van der Waals surface area contributed by atoms with Crippen LogP contribution in [0.3, 0.4) is 0 Å². The Morgan fingerprint density at radius 2 is 1.37 bits per heavy atom. The van der Waals surface area contributed by atoms with Crippen molar-refractivity contribution < 1.29 is 8.85 Å².